The molecule has 0 atom stereocenters. The van der Waals surface area contributed by atoms with Crippen LogP contribution in [0.5, 0.6) is 0 Å². The first-order valence-electron chi connectivity index (χ1n) is 6.14. The summed E-state index contributed by atoms with van der Waals surface area (Å²) in [5.74, 6) is 0.529. The molecular formula is C12H26N4O. The number of nitrogens with one attached hydrogen (secondary N) is 2. The first-order chi connectivity index (χ1) is 7.81. The Hall–Kier alpha value is -1.26. The van der Waals surface area contributed by atoms with Crippen LogP contribution in [-0.4, -0.2) is 30.5 Å². The average molecular weight is 242 g/mol. The quantitative estimate of drug-likeness (QED) is 0.369. The van der Waals surface area contributed by atoms with Crippen molar-refractivity contribution >= 4 is 11.9 Å². The van der Waals surface area contributed by atoms with Crippen molar-refractivity contribution in [3.8, 4) is 0 Å². The minimum absolute atomic E-state index is 0.0293. The molecule has 0 aromatic heterocycles. The lowest BCUT2D eigenvalue weighted by atomic mass is 10.1. The topological polar surface area (TPSA) is 79.5 Å². The van der Waals surface area contributed by atoms with E-state index in [-0.39, 0.29) is 11.4 Å². The van der Waals surface area contributed by atoms with Gasteiger partial charge in [-0.2, -0.15) is 0 Å². The Morgan fingerprint density at radius 2 is 1.88 bits per heavy atom. The summed E-state index contributed by atoms with van der Waals surface area (Å²) in [6, 6.07) is 0. The maximum atomic E-state index is 10.6. The molecule has 17 heavy (non-hydrogen) atoms. The molecule has 0 aromatic carbocycles. The van der Waals surface area contributed by atoms with Crippen LogP contribution in [-0.2, 0) is 4.79 Å². The van der Waals surface area contributed by atoms with Gasteiger partial charge in [0.2, 0.25) is 5.91 Å². The molecule has 0 bridgehead atoms. The number of aliphatic imine (C=N–C) groups is 1. The Morgan fingerprint density at radius 1 is 1.24 bits per heavy atom. The molecular weight excluding hydrogens is 216 g/mol. The van der Waals surface area contributed by atoms with Crippen LogP contribution in [0.25, 0.3) is 0 Å². The second-order valence-corrected chi connectivity index (χ2v) is 5.19. The van der Waals surface area contributed by atoms with Crippen molar-refractivity contribution in [2.24, 2.45) is 10.7 Å². The molecule has 100 valence electrons. The molecule has 5 heteroatoms. The van der Waals surface area contributed by atoms with Gasteiger partial charge in [0, 0.05) is 25.6 Å². The number of nitrogens with two attached hydrogens (primary N) is 1. The van der Waals surface area contributed by atoms with Crippen LogP contribution < -0.4 is 16.4 Å². The largest absolute Gasteiger partial charge is 0.370 e. The summed E-state index contributed by atoms with van der Waals surface area (Å²) in [5.41, 5.74) is 5.68. The van der Waals surface area contributed by atoms with Crippen LogP contribution in [0, 0.1) is 0 Å². The van der Waals surface area contributed by atoms with Crippen LogP contribution in [0.2, 0.25) is 0 Å². The van der Waals surface area contributed by atoms with Gasteiger partial charge in [0.25, 0.3) is 0 Å². The Morgan fingerprint density at radius 3 is 2.41 bits per heavy atom. The number of rotatable bonds is 6. The second-order valence-electron chi connectivity index (χ2n) is 5.19. The molecule has 0 aromatic rings. The van der Waals surface area contributed by atoms with Gasteiger partial charge < -0.3 is 16.4 Å². The summed E-state index contributed by atoms with van der Waals surface area (Å²) in [6.45, 7) is 9.14. The number of carbonyl (C=O) groups excluding carboxylic acids is 1. The van der Waals surface area contributed by atoms with Gasteiger partial charge >= 0.3 is 0 Å². The molecule has 0 saturated heterocycles. The van der Waals surface area contributed by atoms with E-state index in [4.69, 9.17) is 5.73 Å². The molecule has 0 aliphatic carbocycles. The number of guanidine groups is 1. The maximum absolute atomic E-state index is 10.6. The van der Waals surface area contributed by atoms with Gasteiger partial charge in [-0.15, -0.1) is 0 Å². The minimum Gasteiger partial charge on any atom is -0.370 e. The Bertz CT molecular complexity index is 256. The van der Waals surface area contributed by atoms with Crippen LogP contribution >= 0.6 is 0 Å². The van der Waals surface area contributed by atoms with E-state index >= 15 is 0 Å². The SMILES string of the molecule is CC(=O)NCCCCCN=C(N)NC(C)(C)C. The molecule has 1 amide bonds. The molecule has 0 saturated carbocycles. The van der Waals surface area contributed by atoms with E-state index in [1.54, 1.807) is 0 Å². The molecule has 0 spiro atoms. The van der Waals surface area contributed by atoms with Crippen molar-refractivity contribution in [2.45, 2.75) is 52.5 Å². The number of carbonyl (C=O) groups is 1. The highest BCUT2D eigenvalue weighted by Gasteiger charge is 2.09. The summed E-state index contributed by atoms with van der Waals surface area (Å²) in [5, 5.41) is 5.87. The molecule has 0 radical (unpaired) electrons. The number of hydrogen-bond donors (Lipinski definition) is 3. The van der Waals surface area contributed by atoms with Gasteiger partial charge in [-0.25, -0.2) is 0 Å². The highest BCUT2D eigenvalue weighted by atomic mass is 16.1. The lowest BCUT2D eigenvalue weighted by Gasteiger charge is -2.20. The van der Waals surface area contributed by atoms with Gasteiger partial charge in [0.15, 0.2) is 5.96 Å². The lowest BCUT2D eigenvalue weighted by molar-refractivity contribution is -0.118. The third-order valence-corrected chi connectivity index (χ3v) is 1.99. The van der Waals surface area contributed by atoms with E-state index in [1.807, 2.05) is 20.8 Å². The minimum atomic E-state index is -0.0427. The van der Waals surface area contributed by atoms with Crippen molar-refractivity contribution in [3.05, 3.63) is 0 Å². The van der Waals surface area contributed by atoms with Crippen molar-refractivity contribution in [2.75, 3.05) is 13.1 Å². The van der Waals surface area contributed by atoms with Crippen molar-refractivity contribution in [1.29, 1.82) is 0 Å². The summed E-state index contributed by atoms with van der Waals surface area (Å²) in [7, 11) is 0. The van der Waals surface area contributed by atoms with Crippen LogP contribution in [0.3, 0.4) is 0 Å². The number of nitrogens with zero attached hydrogens (tertiary/aromatic N) is 1. The second kappa shape index (κ2) is 7.92. The molecule has 5 nitrogen and oxygen atoms in total. The van der Waals surface area contributed by atoms with Crippen LogP contribution in [0.15, 0.2) is 4.99 Å². The monoisotopic (exact) mass is 242 g/mol. The van der Waals surface area contributed by atoms with E-state index in [1.165, 1.54) is 6.92 Å². The summed E-state index contributed by atoms with van der Waals surface area (Å²) in [6.07, 6.45) is 3.03. The van der Waals surface area contributed by atoms with Gasteiger partial charge in [-0.1, -0.05) is 0 Å². The molecule has 0 heterocycles. The number of hydrogen-bond acceptors (Lipinski definition) is 2. The highest BCUT2D eigenvalue weighted by Crippen LogP contribution is 1.98. The summed E-state index contributed by atoms with van der Waals surface area (Å²) in [4.78, 5) is 14.8. The van der Waals surface area contributed by atoms with Crippen molar-refractivity contribution in [1.82, 2.24) is 10.6 Å². The van der Waals surface area contributed by atoms with E-state index in [0.29, 0.717) is 5.96 Å². The standard InChI is InChI=1S/C12H26N4O/c1-10(17)14-8-6-5-7-9-15-11(13)16-12(2,3)4/h5-9H2,1-4H3,(H,14,17)(H3,13,15,16). The molecule has 4 N–H and O–H groups in total. The average Bonchev–Trinajstić information content (AvgIpc) is 2.12. The third-order valence-electron chi connectivity index (χ3n) is 1.99. The van der Waals surface area contributed by atoms with E-state index in [2.05, 4.69) is 15.6 Å². The predicted molar refractivity (Wildman–Crippen MR) is 71.9 cm³/mol. The van der Waals surface area contributed by atoms with Gasteiger partial charge in [-0.3, -0.25) is 9.79 Å². The maximum Gasteiger partial charge on any atom is 0.216 e. The van der Waals surface area contributed by atoms with E-state index in [9.17, 15) is 4.79 Å². The first-order valence-corrected chi connectivity index (χ1v) is 6.14. The summed E-state index contributed by atoms with van der Waals surface area (Å²) < 4.78 is 0. The van der Waals surface area contributed by atoms with Crippen LogP contribution in [0.4, 0.5) is 0 Å². The number of amides is 1. The summed E-state index contributed by atoms with van der Waals surface area (Å²) >= 11 is 0. The third kappa shape index (κ3) is 12.7. The van der Waals surface area contributed by atoms with Gasteiger partial charge in [0.1, 0.15) is 0 Å². The zero-order chi connectivity index (χ0) is 13.3. The fraction of sp³-hybridized carbons (Fsp3) is 0.833. The van der Waals surface area contributed by atoms with Gasteiger partial charge in [0.05, 0.1) is 0 Å². The Kier molecular flexibility index (Phi) is 7.34. The molecule has 0 aliphatic rings. The fourth-order valence-corrected chi connectivity index (χ4v) is 1.30. The number of unbranched alkanes of at least 4 members (excludes halogenated alkanes) is 2. The fourth-order valence-electron chi connectivity index (χ4n) is 1.30. The van der Waals surface area contributed by atoms with E-state index in [0.717, 1.165) is 32.4 Å². The smallest absolute Gasteiger partial charge is 0.216 e. The van der Waals surface area contributed by atoms with Crippen molar-refractivity contribution < 1.29 is 4.79 Å². The zero-order valence-electron chi connectivity index (χ0n) is 11.5. The molecule has 0 unspecified atom stereocenters. The molecule has 0 rings (SSSR count). The van der Waals surface area contributed by atoms with Crippen LogP contribution in [0.1, 0.15) is 47.0 Å². The normalized spacial score (nSPS) is 12.4. The predicted octanol–water partition coefficient (Wildman–Crippen LogP) is 0.996. The van der Waals surface area contributed by atoms with E-state index < -0.39 is 0 Å². The van der Waals surface area contributed by atoms with Gasteiger partial charge in [-0.05, 0) is 40.0 Å². The van der Waals surface area contributed by atoms with Crippen molar-refractivity contribution in [3.63, 3.8) is 0 Å². The highest BCUT2D eigenvalue weighted by molar-refractivity contribution is 5.78. The zero-order valence-corrected chi connectivity index (χ0v) is 11.5. The Balaban J connectivity index is 3.50. The Labute approximate surface area is 104 Å². The lowest BCUT2D eigenvalue weighted by Crippen LogP contribution is -2.45. The molecule has 0 fully saturated rings. The first kappa shape index (κ1) is 15.7. The molecule has 0 aliphatic heterocycles.